The zero-order valence-corrected chi connectivity index (χ0v) is 24.8. The molecule has 0 spiro atoms. The fraction of sp³-hybridized carbons (Fsp3) is 0.241. The van der Waals surface area contributed by atoms with Crippen molar-refractivity contribution in [3.05, 3.63) is 76.3 Å². The quantitative estimate of drug-likeness (QED) is 0.290. The second-order valence-electron chi connectivity index (χ2n) is 9.50. The van der Waals surface area contributed by atoms with Gasteiger partial charge in [-0.1, -0.05) is 35.2 Å². The number of carboxylic acid groups (broad SMARTS) is 1. The molecule has 0 bridgehead atoms. The van der Waals surface area contributed by atoms with Crippen LogP contribution < -0.4 is 25.4 Å². The number of nitrogens with one attached hydrogen (secondary N) is 1. The first-order valence-corrected chi connectivity index (χ1v) is 14.8. The number of ketones is 1. The molecule has 1 atom stereocenters. The van der Waals surface area contributed by atoms with Crippen LogP contribution in [0, 0.1) is 11.3 Å². The van der Waals surface area contributed by atoms with E-state index in [-0.39, 0.29) is 34.4 Å². The number of carboxylic acids is 1. The number of rotatable bonds is 9. The van der Waals surface area contributed by atoms with Crippen molar-refractivity contribution < 1.29 is 29.0 Å². The van der Waals surface area contributed by atoms with Crippen molar-refractivity contribution in [3.63, 3.8) is 0 Å². The van der Waals surface area contributed by atoms with E-state index in [1.165, 1.54) is 37.7 Å². The summed E-state index contributed by atoms with van der Waals surface area (Å²) in [5.74, 6) is -1.09. The van der Waals surface area contributed by atoms with Gasteiger partial charge in [0.05, 0.1) is 43.1 Å². The number of nitrogens with two attached hydrogens (primary N) is 1. The normalized spacial score (nSPS) is 16.4. The number of carbonyl (C=O) groups excluding carboxylic acids is 2. The van der Waals surface area contributed by atoms with Gasteiger partial charge < -0.3 is 25.6 Å². The highest BCUT2D eigenvalue weighted by molar-refractivity contribution is 8.01. The molecule has 1 aliphatic heterocycles. The molecule has 0 fully saturated rings. The van der Waals surface area contributed by atoms with Crippen LogP contribution in [-0.4, -0.2) is 52.9 Å². The number of nitrogens with zero attached hydrogens (tertiary/aromatic N) is 4. The molecule has 3 aromatic rings. The van der Waals surface area contributed by atoms with Crippen LogP contribution in [0.1, 0.15) is 41.1 Å². The molecule has 0 saturated carbocycles. The maximum absolute atomic E-state index is 13.4. The van der Waals surface area contributed by atoms with Gasteiger partial charge in [0.25, 0.3) is 0 Å². The van der Waals surface area contributed by atoms with E-state index in [9.17, 15) is 19.6 Å². The maximum Gasteiger partial charge on any atom is 0.335 e. The van der Waals surface area contributed by atoms with Gasteiger partial charge in [0.15, 0.2) is 10.1 Å². The van der Waals surface area contributed by atoms with Gasteiger partial charge in [-0.2, -0.15) is 5.26 Å². The first-order valence-electron chi connectivity index (χ1n) is 13.0. The minimum atomic E-state index is -1.09. The van der Waals surface area contributed by atoms with Crippen molar-refractivity contribution in [1.29, 1.82) is 5.26 Å². The van der Waals surface area contributed by atoms with Gasteiger partial charge in [-0.3, -0.25) is 14.5 Å². The number of benzene rings is 2. The molecular formula is C29H26N6O6S2. The Hall–Kier alpha value is -4.87. The zero-order valence-electron chi connectivity index (χ0n) is 23.1. The number of carbonyl (C=O) groups is 3. The second kappa shape index (κ2) is 12.6. The average Bonchev–Trinajstić information content (AvgIpc) is 3.47. The summed E-state index contributed by atoms with van der Waals surface area (Å²) >= 11 is 2.32. The smallest absolute Gasteiger partial charge is 0.335 e. The van der Waals surface area contributed by atoms with Crippen molar-refractivity contribution >= 4 is 51.6 Å². The third-order valence-corrected chi connectivity index (χ3v) is 9.01. The summed E-state index contributed by atoms with van der Waals surface area (Å²) in [6, 6.07) is 13.4. The first-order chi connectivity index (χ1) is 20.7. The molecule has 12 nitrogen and oxygen atoms in total. The molecule has 14 heteroatoms. The molecule has 0 saturated heterocycles. The standard InChI is InChI=1S/C29H26N6O6S2/c1-40-17-9-10-18(22(12-17)41-2)24-19(13-30)26(31)35(20-7-4-8-21(36)25(20)24)28-33-34-29(43-28)42-14-23(37)32-16-6-3-5-15(11-16)27(38)39/h3,5-6,9-12,24H,4,7-8,14,31H2,1-2H3,(H,32,37)(H,38,39). The number of aromatic carboxylic acids is 1. The number of hydrogen-bond acceptors (Lipinski definition) is 12. The van der Waals surface area contributed by atoms with E-state index in [2.05, 4.69) is 21.6 Å². The van der Waals surface area contributed by atoms with Crippen LogP contribution in [0.15, 0.2) is 69.5 Å². The number of allylic oxidation sites excluding steroid dienone is 3. The molecule has 1 unspecified atom stereocenters. The summed E-state index contributed by atoms with van der Waals surface area (Å²) in [7, 11) is 3.05. The molecule has 220 valence electrons. The molecule has 2 aliphatic rings. The Balaban J connectivity index is 1.43. The van der Waals surface area contributed by atoms with Crippen LogP contribution in [-0.2, 0) is 9.59 Å². The number of thioether (sulfide) groups is 1. The van der Waals surface area contributed by atoms with Gasteiger partial charge in [0, 0.05) is 35.0 Å². The van der Waals surface area contributed by atoms with Crippen molar-refractivity contribution in [3.8, 4) is 17.6 Å². The minimum Gasteiger partial charge on any atom is -0.497 e. The van der Waals surface area contributed by atoms with E-state index >= 15 is 0 Å². The Morgan fingerprint density at radius 1 is 1.21 bits per heavy atom. The van der Waals surface area contributed by atoms with Crippen molar-refractivity contribution in [2.45, 2.75) is 29.5 Å². The fourth-order valence-corrected chi connectivity index (χ4v) is 6.76. The summed E-state index contributed by atoms with van der Waals surface area (Å²) in [6.45, 7) is 0. The van der Waals surface area contributed by atoms with Crippen LogP contribution in [0.4, 0.5) is 10.8 Å². The monoisotopic (exact) mass is 618 g/mol. The second-order valence-corrected chi connectivity index (χ2v) is 11.7. The number of nitriles is 1. The van der Waals surface area contributed by atoms with Crippen molar-refractivity contribution in [2.24, 2.45) is 5.73 Å². The lowest BCUT2D eigenvalue weighted by molar-refractivity contribution is -0.116. The number of Topliss-reactive ketones (excluding diaryl/α,β-unsaturated/α-hetero) is 1. The fourth-order valence-electron chi connectivity index (χ4n) is 5.08. The van der Waals surface area contributed by atoms with Crippen LogP contribution in [0.5, 0.6) is 11.5 Å². The zero-order chi connectivity index (χ0) is 30.7. The summed E-state index contributed by atoms with van der Waals surface area (Å²) in [6.07, 6.45) is 1.48. The predicted octanol–water partition coefficient (Wildman–Crippen LogP) is 4.29. The van der Waals surface area contributed by atoms with Crippen molar-refractivity contribution in [1.82, 2.24) is 10.2 Å². The van der Waals surface area contributed by atoms with E-state index in [1.807, 2.05) is 0 Å². The third kappa shape index (κ3) is 5.90. The van der Waals surface area contributed by atoms with Crippen LogP contribution >= 0.6 is 23.1 Å². The maximum atomic E-state index is 13.4. The van der Waals surface area contributed by atoms with E-state index in [0.29, 0.717) is 62.8 Å². The Morgan fingerprint density at radius 2 is 2.02 bits per heavy atom. The SMILES string of the molecule is COc1ccc(C2C(C#N)=C(N)N(c3nnc(SCC(=O)Nc4cccc(C(=O)O)c4)s3)C3=C2C(=O)CCC3)c(OC)c1. The molecule has 1 aromatic heterocycles. The van der Waals surface area contributed by atoms with Gasteiger partial charge in [-0.25, -0.2) is 4.79 Å². The van der Waals surface area contributed by atoms with Gasteiger partial charge >= 0.3 is 5.97 Å². The van der Waals surface area contributed by atoms with E-state index in [1.54, 1.807) is 35.2 Å². The van der Waals surface area contributed by atoms with Gasteiger partial charge in [-0.05, 0) is 37.1 Å². The molecule has 43 heavy (non-hydrogen) atoms. The summed E-state index contributed by atoms with van der Waals surface area (Å²) < 4.78 is 11.4. The molecule has 2 heterocycles. The van der Waals surface area contributed by atoms with Gasteiger partial charge in [0.2, 0.25) is 11.0 Å². The van der Waals surface area contributed by atoms with Crippen LogP contribution in [0.2, 0.25) is 0 Å². The third-order valence-electron chi connectivity index (χ3n) is 6.97. The molecule has 0 radical (unpaired) electrons. The molecule has 1 amide bonds. The highest BCUT2D eigenvalue weighted by Crippen LogP contribution is 2.49. The molecular weight excluding hydrogens is 592 g/mol. The molecule has 2 aromatic carbocycles. The van der Waals surface area contributed by atoms with Crippen LogP contribution in [0.25, 0.3) is 0 Å². The van der Waals surface area contributed by atoms with Gasteiger partial charge in [-0.15, -0.1) is 10.2 Å². The Labute approximate surface area is 254 Å². The lowest BCUT2D eigenvalue weighted by Gasteiger charge is -2.38. The first kappa shape index (κ1) is 29.6. The summed E-state index contributed by atoms with van der Waals surface area (Å²) in [5.41, 5.74) is 8.99. The average molecular weight is 619 g/mol. The number of hydrogen-bond donors (Lipinski definition) is 3. The highest BCUT2D eigenvalue weighted by Gasteiger charge is 2.42. The van der Waals surface area contributed by atoms with Gasteiger partial charge in [0.1, 0.15) is 17.3 Å². The Kier molecular flexibility index (Phi) is 8.65. The van der Waals surface area contributed by atoms with Crippen LogP contribution in [0.3, 0.4) is 0 Å². The summed E-state index contributed by atoms with van der Waals surface area (Å²) in [5, 5.41) is 31.0. The van der Waals surface area contributed by atoms with E-state index in [4.69, 9.17) is 20.3 Å². The van der Waals surface area contributed by atoms with Crippen molar-refractivity contribution in [2.75, 3.05) is 30.2 Å². The topological polar surface area (TPSA) is 181 Å². The molecule has 1 aliphatic carbocycles. The highest BCUT2D eigenvalue weighted by atomic mass is 32.2. The summed E-state index contributed by atoms with van der Waals surface area (Å²) in [4.78, 5) is 38.8. The number of amides is 1. The Bertz CT molecular complexity index is 1730. The largest absolute Gasteiger partial charge is 0.497 e. The minimum absolute atomic E-state index is 0.00747. The lowest BCUT2D eigenvalue weighted by atomic mass is 9.75. The van der Waals surface area contributed by atoms with E-state index in [0.717, 1.165) is 11.8 Å². The number of anilines is 2. The number of ether oxygens (including phenoxy) is 2. The molecule has 4 N–H and O–H groups in total. The lowest BCUT2D eigenvalue weighted by Crippen LogP contribution is -2.38. The predicted molar refractivity (Wildman–Crippen MR) is 160 cm³/mol. The Morgan fingerprint density at radius 3 is 2.74 bits per heavy atom. The number of aromatic nitrogens is 2. The number of methoxy groups -OCH3 is 2. The van der Waals surface area contributed by atoms with E-state index < -0.39 is 11.9 Å². The molecule has 5 rings (SSSR count).